The first-order chi connectivity index (χ1) is 9.02. The SMILES string of the molecule is CCOC(=O)N=C(N)c1cccc(NCC(=O)O)c1. The van der Waals surface area contributed by atoms with Crippen LogP contribution >= 0.6 is 0 Å². The van der Waals surface area contributed by atoms with Gasteiger partial charge in [0.1, 0.15) is 12.4 Å². The van der Waals surface area contributed by atoms with Gasteiger partial charge in [-0.25, -0.2) is 4.79 Å². The van der Waals surface area contributed by atoms with E-state index in [9.17, 15) is 9.59 Å². The fourth-order valence-electron chi connectivity index (χ4n) is 1.28. The summed E-state index contributed by atoms with van der Waals surface area (Å²) >= 11 is 0. The fraction of sp³-hybridized carbons (Fsp3) is 0.250. The molecule has 0 fully saturated rings. The molecule has 0 aliphatic carbocycles. The van der Waals surface area contributed by atoms with Crippen molar-refractivity contribution in [2.75, 3.05) is 18.5 Å². The molecule has 1 rings (SSSR count). The molecule has 1 amide bonds. The molecule has 0 heterocycles. The van der Waals surface area contributed by atoms with Gasteiger partial charge >= 0.3 is 12.1 Å². The second-order valence-corrected chi connectivity index (χ2v) is 3.52. The number of carbonyl (C=O) groups excluding carboxylic acids is 1. The summed E-state index contributed by atoms with van der Waals surface area (Å²) in [6.07, 6.45) is -0.760. The Hall–Kier alpha value is -2.57. The molecule has 0 radical (unpaired) electrons. The number of hydrogen-bond acceptors (Lipinski definition) is 4. The molecule has 1 aromatic rings. The molecule has 0 aliphatic heterocycles. The maximum atomic E-state index is 11.1. The first kappa shape index (κ1) is 14.5. The fourth-order valence-corrected chi connectivity index (χ4v) is 1.28. The topological polar surface area (TPSA) is 114 Å². The first-order valence-electron chi connectivity index (χ1n) is 5.60. The Morgan fingerprint density at radius 3 is 2.84 bits per heavy atom. The molecule has 7 nitrogen and oxygen atoms in total. The third kappa shape index (κ3) is 5.07. The lowest BCUT2D eigenvalue weighted by molar-refractivity contribution is -0.134. The van der Waals surface area contributed by atoms with Crippen molar-refractivity contribution in [1.82, 2.24) is 0 Å². The van der Waals surface area contributed by atoms with Crippen molar-refractivity contribution >= 4 is 23.6 Å². The summed E-state index contributed by atoms with van der Waals surface area (Å²) in [5, 5.41) is 11.3. The van der Waals surface area contributed by atoms with Crippen molar-refractivity contribution < 1.29 is 19.4 Å². The highest BCUT2D eigenvalue weighted by Crippen LogP contribution is 2.10. The number of amides is 1. The Kier molecular flexibility index (Phi) is 5.34. The predicted molar refractivity (Wildman–Crippen MR) is 70.3 cm³/mol. The third-order valence-electron chi connectivity index (χ3n) is 2.08. The standard InChI is InChI=1S/C12H15N3O4/c1-2-19-12(18)15-11(13)8-4-3-5-9(6-8)14-7-10(16)17/h3-6,14H,2,7H2,1H3,(H,16,17)(H2,13,15,18). The van der Waals surface area contributed by atoms with Gasteiger partial charge in [0.25, 0.3) is 0 Å². The van der Waals surface area contributed by atoms with Crippen molar-refractivity contribution in [2.45, 2.75) is 6.92 Å². The summed E-state index contributed by atoms with van der Waals surface area (Å²) in [6, 6.07) is 6.61. The summed E-state index contributed by atoms with van der Waals surface area (Å²) in [5.74, 6) is -0.962. The highest BCUT2D eigenvalue weighted by atomic mass is 16.5. The van der Waals surface area contributed by atoms with Crippen LogP contribution in [0.3, 0.4) is 0 Å². The number of nitrogens with zero attached hydrogens (tertiary/aromatic N) is 1. The molecule has 102 valence electrons. The van der Waals surface area contributed by atoms with Crippen LogP contribution in [-0.4, -0.2) is 36.2 Å². The van der Waals surface area contributed by atoms with Gasteiger partial charge in [0.2, 0.25) is 0 Å². The van der Waals surface area contributed by atoms with Crippen LogP contribution in [0.2, 0.25) is 0 Å². The number of hydrogen-bond donors (Lipinski definition) is 3. The Bertz CT molecular complexity index is 500. The van der Waals surface area contributed by atoms with Gasteiger partial charge in [-0.05, 0) is 19.1 Å². The molecule has 0 aromatic heterocycles. The van der Waals surface area contributed by atoms with Gasteiger partial charge in [0.05, 0.1) is 6.61 Å². The smallest absolute Gasteiger partial charge is 0.435 e. The maximum Gasteiger partial charge on any atom is 0.435 e. The van der Waals surface area contributed by atoms with Gasteiger partial charge in [-0.1, -0.05) is 12.1 Å². The molecule has 0 spiro atoms. The van der Waals surface area contributed by atoms with Crippen molar-refractivity contribution in [2.24, 2.45) is 10.7 Å². The Morgan fingerprint density at radius 2 is 2.21 bits per heavy atom. The summed E-state index contributed by atoms with van der Waals surface area (Å²) in [7, 11) is 0. The van der Waals surface area contributed by atoms with E-state index in [1.54, 1.807) is 31.2 Å². The van der Waals surface area contributed by atoms with Crippen LogP contribution in [0.5, 0.6) is 0 Å². The Balaban J connectivity index is 2.80. The highest BCUT2D eigenvalue weighted by Gasteiger charge is 2.05. The minimum absolute atomic E-state index is 0.0115. The summed E-state index contributed by atoms with van der Waals surface area (Å²) in [5.41, 5.74) is 6.73. The van der Waals surface area contributed by atoms with Crippen LogP contribution in [0.15, 0.2) is 29.3 Å². The summed E-state index contributed by atoms with van der Waals surface area (Å²) < 4.78 is 4.64. The maximum absolute atomic E-state index is 11.1. The zero-order chi connectivity index (χ0) is 14.3. The molecule has 0 aliphatic rings. The molecule has 7 heteroatoms. The molecule has 4 N–H and O–H groups in total. The number of aliphatic imine (C=N–C) groups is 1. The van der Waals surface area contributed by atoms with Gasteiger partial charge in [-0.2, -0.15) is 4.99 Å². The number of benzene rings is 1. The quantitative estimate of drug-likeness (QED) is 0.541. The van der Waals surface area contributed by atoms with E-state index in [-0.39, 0.29) is 19.0 Å². The van der Waals surface area contributed by atoms with Crippen molar-refractivity contribution in [3.8, 4) is 0 Å². The van der Waals surface area contributed by atoms with Crippen LogP contribution in [0, 0.1) is 0 Å². The number of carboxylic acids is 1. The van der Waals surface area contributed by atoms with Crippen molar-refractivity contribution in [3.05, 3.63) is 29.8 Å². The lowest BCUT2D eigenvalue weighted by Gasteiger charge is -2.06. The van der Waals surface area contributed by atoms with E-state index >= 15 is 0 Å². The van der Waals surface area contributed by atoms with Gasteiger partial charge in [0, 0.05) is 11.3 Å². The average molecular weight is 265 g/mol. The molecule has 0 saturated heterocycles. The van der Waals surface area contributed by atoms with E-state index in [1.165, 1.54) is 0 Å². The Labute approximate surface area is 110 Å². The summed E-state index contributed by atoms with van der Waals surface area (Å²) in [4.78, 5) is 25.1. The largest absolute Gasteiger partial charge is 0.480 e. The van der Waals surface area contributed by atoms with Crippen molar-refractivity contribution in [3.63, 3.8) is 0 Å². The Morgan fingerprint density at radius 1 is 1.47 bits per heavy atom. The zero-order valence-electron chi connectivity index (χ0n) is 10.4. The molecular weight excluding hydrogens is 250 g/mol. The van der Waals surface area contributed by atoms with E-state index in [4.69, 9.17) is 10.8 Å². The molecule has 0 bridgehead atoms. The first-order valence-corrected chi connectivity index (χ1v) is 5.60. The predicted octanol–water partition coefficient (Wildman–Crippen LogP) is 1.04. The number of nitrogens with two attached hydrogens (primary N) is 1. The van der Waals surface area contributed by atoms with E-state index in [2.05, 4.69) is 15.0 Å². The number of nitrogens with one attached hydrogen (secondary N) is 1. The van der Waals surface area contributed by atoms with Gasteiger partial charge in [0.15, 0.2) is 0 Å². The molecule has 0 atom stereocenters. The van der Waals surface area contributed by atoms with Crippen LogP contribution in [-0.2, 0) is 9.53 Å². The number of ether oxygens (including phenoxy) is 1. The van der Waals surface area contributed by atoms with Crippen molar-refractivity contribution in [1.29, 1.82) is 0 Å². The van der Waals surface area contributed by atoms with Crippen LogP contribution in [0.1, 0.15) is 12.5 Å². The van der Waals surface area contributed by atoms with Gasteiger partial charge in [-0.15, -0.1) is 0 Å². The minimum Gasteiger partial charge on any atom is -0.480 e. The molecular formula is C12H15N3O4. The molecule has 0 saturated carbocycles. The number of carboxylic acid groups (broad SMARTS) is 1. The number of aliphatic carboxylic acids is 1. The van der Waals surface area contributed by atoms with Crippen LogP contribution < -0.4 is 11.1 Å². The normalized spacial score (nSPS) is 10.9. The van der Waals surface area contributed by atoms with Gasteiger partial charge < -0.3 is 20.9 Å². The molecule has 0 unspecified atom stereocenters. The number of amidine groups is 1. The lowest BCUT2D eigenvalue weighted by Crippen LogP contribution is -2.17. The second-order valence-electron chi connectivity index (χ2n) is 3.52. The van der Waals surface area contributed by atoms with Crippen LogP contribution in [0.25, 0.3) is 0 Å². The third-order valence-corrected chi connectivity index (χ3v) is 2.08. The number of carbonyl (C=O) groups is 2. The minimum atomic E-state index is -0.974. The number of rotatable bonds is 5. The zero-order valence-corrected chi connectivity index (χ0v) is 10.4. The second kappa shape index (κ2) is 7.00. The van der Waals surface area contributed by atoms with Crippen LogP contribution in [0.4, 0.5) is 10.5 Å². The number of anilines is 1. The monoisotopic (exact) mass is 265 g/mol. The van der Waals surface area contributed by atoms with E-state index in [1.807, 2.05) is 0 Å². The van der Waals surface area contributed by atoms with E-state index < -0.39 is 12.1 Å². The highest BCUT2D eigenvalue weighted by molar-refractivity contribution is 6.03. The lowest BCUT2D eigenvalue weighted by atomic mass is 10.2. The molecule has 1 aromatic carbocycles. The summed E-state index contributed by atoms with van der Waals surface area (Å²) in [6.45, 7) is 1.67. The van der Waals surface area contributed by atoms with E-state index in [0.29, 0.717) is 11.3 Å². The molecule has 19 heavy (non-hydrogen) atoms. The average Bonchev–Trinajstić information content (AvgIpc) is 2.37. The van der Waals surface area contributed by atoms with E-state index in [0.717, 1.165) is 0 Å². The van der Waals surface area contributed by atoms with Gasteiger partial charge in [-0.3, -0.25) is 4.79 Å².